The van der Waals surface area contributed by atoms with Crippen molar-refractivity contribution >= 4 is 17.3 Å². The summed E-state index contributed by atoms with van der Waals surface area (Å²) in [5.74, 6) is 0.552. The molecule has 2 heteroatoms. The minimum absolute atomic E-state index is 0.176. The first-order valence-electron chi connectivity index (χ1n) is 7.88. The van der Waals surface area contributed by atoms with Gasteiger partial charge < -0.3 is 5.11 Å². The van der Waals surface area contributed by atoms with Crippen LogP contribution < -0.4 is 0 Å². The number of thiocarbonyl (C=S) groups is 1. The Kier molecular flexibility index (Phi) is 13.2. The molecule has 0 heterocycles. The Bertz CT molecular complexity index is 192. The van der Waals surface area contributed by atoms with Crippen molar-refractivity contribution in [1.29, 1.82) is 0 Å². The molecular formula is C16H32OS. The fraction of sp³-hybridized carbons (Fsp3) is 0.938. The molecule has 1 atom stereocenters. The molecule has 0 aliphatic carbocycles. The quantitative estimate of drug-likeness (QED) is 0.318. The van der Waals surface area contributed by atoms with Gasteiger partial charge in [0, 0.05) is 6.42 Å². The van der Waals surface area contributed by atoms with Crippen molar-refractivity contribution in [3.8, 4) is 0 Å². The van der Waals surface area contributed by atoms with Gasteiger partial charge in [0.2, 0.25) is 0 Å². The molecule has 0 aliphatic heterocycles. The van der Waals surface area contributed by atoms with Crippen LogP contribution in [-0.4, -0.2) is 10.2 Å². The van der Waals surface area contributed by atoms with E-state index >= 15 is 0 Å². The molecule has 0 radical (unpaired) electrons. The van der Waals surface area contributed by atoms with Crippen LogP contribution in [-0.2, 0) is 0 Å². The van der Waals surface area contributed by atoms with Crippen LogP contribution in [0.3, 0.4) is 0 Å². The third-order valence-corrected chi connectivity index (χ3v) is 3.74. The van der Waals surface area contributed by atoms with E-state index in [9.17, 15) is 0 Å². The van der Waals surface area contributed by atoms with Gasteiger partial charge in [0.05, 0.1) is 0 Å². The predicted molar refractivity (Wildman–Crippen MR) is 85.5 cm³/mol. The third-order valence-electron chi connectivity index (χ3n) is 3.57. The second kappa shape index (κ2) is 13.3. The summed E-state index contributed by atoms with van der Waals surface area (Å²) in [6, 6.07) is 0. The maximum atomic E-state index is 9.02. The molecule has 0 spiro atoms. The molecular weight excluding hydrogens is 240 g/mol. The van der Waals surface area contributed by atoms with E-state index in [0.29, 0.717) is 12.3 Å². The van der Waals surface area contributed by atoms with Crippen LogP contribution in [0.1, 0.15) is 90.9 Å². The molecule has 0 aromatic rings. The van der Waals surface area contributed by atoms with Gasteiger partial charge >= 0.3 is 0 Å². The number of unbranched alkanes of at least 4 members (excludes halogenated alkanes) is 9. The molecule has 1 unspecified atom stereocenters. The summed E-state index contributed by atoms with van der Waals surface area (Å²) in [5.41, 5.74) is 0. The predicted octanol–water partition coefficient (Wildman–Crippen LogP) is 6.21. The Morgan fingerprint density at radius 1 is 0.889 bits per heavy atom. The molecule has 0 amide bonds. The van der Waals surface area contributed by atoms with Gasteiger partial charge in [0.1, 0.15) is 0 Å². The van der Waals surface area contributed by atoms with E-state index in [4.69, 9.17) is 17.3 Å². The highest BCUT2D eigenvalue weighted by Gasteiger charge is 2.04. The average Bonchev–Trinajstić information content (AvgIpc) is 2.30. The number of rotatable bonds is 13. The largest absolute Gasteiger partial charge is 0.502 e. The summed E-state index contributed by atoms with van der Waals surface area (Å²) in [4.78, 5) is 0. The lowest BCUT2D eigenvalue weighted by Crippen LogP contribution is -2.02. The maximum Gasteiger partial charge on any atom is 0.156 e. The van der Waals surface area contributed by atoms with Crippen LogP contribution in [0.2, 0.25) is 0 Å². The minimum atomic E-state index is 0.176. The number of hydrogen-bond donors (Lipinski definition) is 1. The van der Waals surface area contributed by atoms with Crippen molar-refractivity contribution in [1.82, 2.24) is 0 Å². The van der Waals surface area contributed by atoms with Gasteiger partial charge in [-0.05, 0) is 18.1 Å². The topological polar surface area (TPSA) is 20.2 Å². The van der Waals surface area contributed by atoms with E-state index in [1.54, 1.807) is 0 Å². The van der Waals surface area contributed by atoms with Crippen molar-refractivity contribution in [2.45, 2.75) is 90.9 Å². The molecule has 0 fully saturated rings. The molecule has 0 aliphatic rings. The summed E-state index contributed by atoms with van der Waals surface area (Å²) >= 11 is 4.71. The molecule has 0 rings (SSSR count). The molecule has 0 bridgehead atoms. The van der Waals surface area contributed by atoms with Gasteiger partial charge in [-0.25, -0.2) is 0 Å². The SMILES string of the molecule is CCCCCCCCCCCCC(C)CC(O)=S. The highest BCUT2D eigenvalue weighted by Crippen LogP contribution is 2.15. The highest BCUT2D eigenvalue weighted by atomic mass is 32.1. The lowest BCUT2D eigenvalue weighted by Gasteiger charge is -2.09. The molecule has 1 nitrogen and oxygen atoms in total. The molecule has 0 saturated carbocycles. The normalized spacial score (nSPS) is 12.6. The van der Waals surface area contributed by atoms with Gasteiger partial charge in [-0.15, -0.1) is 0 Å². The first-order valence-corrected chi connectivity index (χ1v) is 8.29. The first kappa shape index (κ1) is 17.9. The Hall–Kier alpha value is -0.110. The van der Waals surface area contributed by atoms with Gasteiger partial charge in [-0.1, -0.05) is 84.5 Å². The van der Waals surface area contributed by atoms with Crippen molar-refractivity contribution < 1.29 is 5.11 Å². The number of aliphatic hydroxyl groups is 1. The van der Waals surface area contributed by atoms with E-state index in [2.05, 4.69) is 13.8 Å². The molecule has 0 saturated heterocycles. The van der Waals surface area contributed by atoms with Crippen molar-refractivity contribution in [3.63, 3.8) is 0 Å². The summed E-state index contributed by atoms with van der Waals surface area (Å²) < 4.78 is 0. The minimum Gasteiger partial charge on any atom is -0.502 e. The van der Waals surface area contributed by atoms with E-state index < -0.39 is 0 Å². The lowest BCUT2D eigenvalue weighted by molar-refractivity contribution is 0.459. The Morgan fingerprint density at radius 2 is 1.33 bits per heavy atom. The summed E-state index contributed by atoms with van der Waals surface area (Å²) in [5, 5.41) is 9.19. The molecule has 1 N–H and O–H groups in total. The second-order valence-electron chi connectivity index (χ2n) is 5.67. The van der Waals surface area contributed by atoms with E-state index in [1.807, 2.05) is 0 Å². The Balaban J connectivity index is 3.09. The third kappa shape index (κ3) is 14.0. The van der Waals surface area contributed by atoms with Gasteiger partial charge in [-0.3, -0.25) is 0 Å². The van der Waals surface area contributed by atoms with Crippen LogP contribution in [0.15, 0.2) is 0 Å². The van der Waals surface area contributed by atoms with Gasteiger partial charge in [-0.2, -0.15) is 0 Å². The summed E-state index contributed by atoms with van der Waals surface area (Å²) in [7, 11) is 0. The van der Waals surface area contributed by atoms with E-state index in [0.717, 1.165) is 0 Å². The standard InChI is InChI=1S/C16H32OS/c1-3-4-5-6-7-8-9-10-11-12-13-15(2)14-16(17)18/h15H,3-14H2,1-2H3,(H,17,18). The van der Waals surface area contributed by atoms with Crippen molar-refractivity contribution in [3.05, 3.63) is 0 Å². The molecule has 108 valence electrons. The number of aliphatic hydroxyl groups excluding tert-OH is 1. The highest BCUT2D eigenvalue weighted by molar-refractivity contribution is 7.80. The summed E-state index contributed by atoms with van der Waals surface area (Å²) in [6.45, 7) is 4.45. The lowest BCUT2D eigenvalue weighted by atomic mass is 9.99. The van der Waals surface area contributed by atoms with Crippen LogP contribution >= 0.6 is 12.2 Å². The second-order valence-corrected chi connectivity index (χ2v) is 6.14. The van der Waals surface area contributed by atoms with Crippen LogP contribution in [0.5, 0.6) is 0 Å². The smallest absolute Gasteiger partial charge is 0.156 e. The fourth-order valence-corrected chi connectivity index (χ4v) is 2.66. The Labute approximate surface area is 119 Å². The van der Waals surface area contributed by atoms with Crippen LogP contribution in [0, 0.1) is 5.92 Å². The zero-order valence-corrected chi connectivity index (χ0v) is 13.2. The average molecular weight is 272 g/mol. The maximum absolute atomic E-state index is 9.02. The van der Waals surface area contributed by atoms with E-state index in [1.165, 1.54) is 70.6 Å². The molecule has 0 aromatic heterocycles. The van der Waals surface area contributed by atoms with Crippen molar-refractivity contribution in [2.24, 2.45) is 5.92 Å². The van der Waals surface area contributed by atoms with Gasteiger partial charge in [0.25, 0.3) is 0 Å². The zero-order valence-electron chi connectivity index (χ0n) is 12.4. The first-order chi connectivity index (χ1) is 8.66. The molecule has 18 heavy (non-hydrogen) atoms. The van der Waals surface area contributed by atoms with Crippen LogP contribution in [0.25, 0.3) is 0 Å². The molecule has 0 aromatic carbocycles. The summed E-state index contributed by atoms with van der Waals surface area (Å²) in [6.07, 6.45) is 15.8. The Morgan fingerprint density at radius 3 is 1.78 bits per heavy atom. The fourth-order valence-electron chi connectivity index (χ4n) is 2.38. The number of hydrogen-bond acceptors (Lipinski definition) is 1. The van der Waals surface area contributed by atoms with Crippen molar-refractivity contribution in [2.75, 3.05) is 0 Å². The van der Waals surface area contributed by atoms with Crippen LogP contribution in [0.4, 0.5) is 0 Å². The monoisotopic (exact) mass is 272 g/mol. The zero-order chi connectivity index (χ0) is 13.6. The van der Waals surface area contributed by atoms with Gasteiger partial charge in [0.15, 0.2) is 5.05 Å². The van der Waals surface area contributed by atoms with E-state index in [-0.39, 0.29) is 5.05 Å².